The molecule has 2 aromatic rings. The van der Waals surface area contributed by atoms with Crippen LogP contribution in [-0.2, 0) is 17.8 Å². The van der Waals surface area contributed by atoms with Gasteiger partial charge < -0.3 is 10.6 Å². The van der Waals surface area contributed by atoms with Gasteiger partial charge >= 0.3 is 0 Å². The molecule has 2 N–H and O–H groups in total. The van der Waals surface area contributed by atoms with Crippen LogP contribution in [0.15, 0.2) is 48.5 Å². The molecule has 0 spiro atoms. The lowest BCUT2D eigenvalue weighted by molar-refractivity contribution is -0.118. The zero-order valence-electron chi connectivity index (χ0n) is 11.5. The highest BCUT2D eigenvalue weighted by atomic mass is 16.2. The van der Waals surface area contributed by atoms with Crippen LogP contribution in [0.2, 0.25) is 0 Å². The summed E-state index contributed by atoms with van der Waals surface area (Å²) < 4.78 is 0. The van der Waals surface area contributed by atoms with Crippen molar-refractivity contribution in [3.8, 4) is 6.07 Å². The topological polar surface area (TPSA) is 64.9 Å². The maximum absolute atomic E-state index is 12.3. The third-order valence-electron chi connectivity index (χ3n) is 3.68. The lowest BCUT2D eigenvalue weighted by Crippen LogP contribution is -2.44. The number of hydrogen-bond acceptors (Lipinski definition) is 3. The van der Waals surface area contributed by atoms with Crippen LogP contribution in [0.1, 0.15) is 16.7 Å². The van der Waals surface area contributed by atoms with Gasteiger partial charge in [0, 0.05) is 12.2 Å². The van der Waals surface area contributed by atoms with Gasteiger partial charge in [-0.1, -0.05) is 24.3 Å². The fourth-order valence-corrected chi connectivity index (χ4v) is 2.50. The van der Waals surface area contributed by atoms with E-state index in [9.17, 15) is 4.79 Å². The van der Waals surface area contributed by atoms with Crippen molar-refractivity contribution in [3.63, 3.8) is 0 Å². The molecule has 1 aliphatic rings. The Labute approximate surface area is 123 Å². The minimum absolute atomic E-state index is 0.0470. The van der Waals surface area contributed by atoms with Crippen LogP contribution in [0, 0.1) is 11.3 Å². The molecule has 1 atom stereocenters. The number of fused-ring (bicyclic) bond motifs is 1. The van der Waals surface area contributed by atoms with E-state index in [0.717, 1.165) is 0 Å². The molecule has 0 saturated heterocycles. The Morgan fingerprint density at radius 2 is 1.86 bits per heavy atom. The molecule has 0 fully saturated rings. The Morgan fingerprint density at radius 1 is 1.14 bits per heavy atom. The minimum Gasteiger partial charge on any atom is -0.325 e. The van der Waals surface area contributed by atoms with Crippen molar-refractivity contribution in [2.75, 3.05) is 5.32 Å². The van der Waals surface area contributed by atoms with Crippen LogP contribution in [0.5, 0.6) is 0 Å². The summed E-state index contributed by atoms with van der Waals surface area (Å²) in [5.41, 5.74) is 3.76. The van der Waals surface area contributed by atoms with Gasteiger partial charge in [0.05, 0.1) is 17.7 Å². The first kappa shape index (κ1) is 13.3. The molecule has 0 aliphatic carbocycles. The summed E-state index contributed by atoms with van der Waals surface area (Å²) >= 11 is 0. The predicted molar refractivity (Wildman–Crippen MR) is 80.6 cm³/mol. The first-order chi connectivity index (χ1) is 10.3. The minimum atomic E-state index is -0.226. The van der Waals surface area contributed by atoms with Gasteiger partial charge in [0.1, 0.15) is 0 Å². The number of rotatable bonds is 2. The molecule has 1 aliphatic heterocycles. The summed E-state index contributed by atoms with van der Waals surface area (Å²) in [6.45, 7) is 0.710. The molecule has 4 heteroatoms. The van der Waals surface area contributed by atoms with Gasteiger partial charge in [-0.05, 0) is 41.8 Å². The van der Waals surface area contributed by atoms with E-state index in [0.29, 0.717) is 24.2 Å². The van der Waals surface area contributed by atoms with Crippen LogP contribution < -0.4 is 10.6 Å². The highest BCUT2D eigenvalue weighted by molar-refractivity contribution is 5.95. The van der Waals surface area contributed by atoms with E-state index in [-0.39, 0.29) is 11.9 Å². The largest absolute Gasteiger partial charge is 0.325 e. The molecule has 1 heterocycles. The van der Waals surface area contributed by atoms with Crippen molar-refractivity contribution in [1.29, 1.82) is 5.26 Å². The van der Waals surface area contributed by atoms with Gasteiger partial charge in [0.15, 0.2) is 0 Å². The summed E-state index contributed by atoms with van der Waals surface area (Å²) in [6.07, 6.45) is 0.693. The van der Waals surface area contributed by atoms with Crippen molar-refractivity contribution >= 4 is 11.6 Å². The molecule has 0 saturated carbocycles. The molecular weight excluding hydrogens is 262 g/mol. The molecule has 4 nitrogen and oxygen atoms in total. The fraction of sp³-hybridized carbons (Fsp3) is 0.176. The lowest BCUT2D eigenvalue weighted by atomic mass is 9.95. The van der Waals surface area contributed by atoms with Crippen LogP contribution in [-0.4, -0.2) is 11.9 Å². The number of hydrogen-bond donors (Lipinski definition) is 2. The smallest absolute Gasteiger partial charge is 0.241 e. The van der Waals surface area contributed by atoms with Gasteiger partial charge in [0.25, 0.3) is 0 Å². The summed E-state index contributed by atoms with van der Waals surface area (Å²) in [5, 5.41) is 14.9. The molecule has 0 radical (unpaired) electrons. The number of benzene rings is 2. The van der Waals surface area contributed by atoms with Crippen molar-refractivity contribution in [3.05, 3.63) is 65.2 Å². The first-order valence-electron chi connectivity index (χ1n) is 6.87. The van der Waals surface area contributed by atoms with Gasteiger partial charge in [-0.15, -0.1) is 0 Å². The number of nitrogens with one attached hydrogen (secondary N) is 2. The molecule has 1 unspecified atom stereocenters. The Kier molecular flexibility index (Phi) is 3.67. The quantitative estimate of drug-likeness (QED) is 0.884. The molecule has 3 rings (SSSR count). The average molecular weight is 277 g/mol. The third-order valence-corrected chi connectivity index (χ3v) is 3.68. The number of anilines is 1. The monoisotopic (exact) mass is 277 g/mol. The normalized spacial score (nSPS) is 16.6. The van der Waals surface area contributed by atoms with Crippen molar-refractivity contribution in [2.24, 2.45) is 0 Å². The number of carbonyl (C=O) groups excluding carboxylic acids is 1. The molecule has 1 amide bonds. The molecule has 2 aromatic carbocycles. The van der Waals surface area contributed by atoms with Crippen LogP contribution >= 0.6 is 0 Å². The van der Waals surface area contributed by atoms with E-state index in [1.165, 1.54) is 11.1 Å². The number of amides is 1. The van der Waals surface area contributed by atoms with E-state index in [1.54, 1.807) is 24.3 Å². The highest BCUT2D eigenvalue weighted by Crippen LogP contribution is 2.17. The van der Waals surface area contributed by atoms with E-state index >= 15 is 0 Å². The zero-order valence-corrected chi connectivity index (χ0v) is 11.5. The third kappa shape index (κ3) is 2.93. The van der Waals surface area contributed by atoms with Crippen LogP contribution in [0.4, 0.5) is 5.69 Å². The molecule has 0 aromatic heterocycles. The van der Waals surface area contributed by atoms with Gasteiger partial charge in [-0.2, -0.15) is 5.26 Å². The van der Waals surface area contributed by atoms with Crippen molar-refractivity contribution in [1.82, 2.24) is 5.32 Å². The molecule has 104 valence electrons. The highest BCUT2D eigenvalue weighted by Gasteiger charge is 2.23. The SMILES string of the molecule is N#Cc1ccc(NC(=O)C2Cc3ccccc3CN2)cc1. The lowest BCUT2D eigenvalue weighted by Gasteiger charge is -2.25. The number of nitrogens with zero attached hydrogens (tertiary/aromatic N) is 1. The Morgan fingerprint density at radius 3 is 2.57 bits per heavy atom. The molecular formula is C17H15N3O. The maximum atomic E-state index is 12.3. The summed E-state index contributed by atoms with van der Waals surface area (Å²) in [7, 11) is 0. The van der Waals surface area contributed by atoms with Crippen molar-refractivity contribution < 1.29 is 4.79 Å². The second-order valence-corrected chi connectivity index (χ2v) is 5.08. The molecule has 0 bridgehead atoms. The average Bonchev–Trinajstić information content (AvgIpc) is 2.55. The van der Waals surface area contributed by atoms with E-state index < -0.39 is 0 Å². The van der Waals surface area contributed by atoms with E-state index in [4.69, 9.17) is 5.26 Å². The second kappa shape index (κ2) is 5.78. The molecule has 21 heavy (non-hydrogen) atoms. The van der Waals surface area contributed by atoms with Gasteiger partial charge in [-0.3, -0.25) is 4.79 Å². The van der Waals surface area contributed by atoms with Crippen LogP contribution in [0.25, 0.3) is 0 Å². The Bertz CT molecular complexity index is 701. The predicted octanol–water partition coefficient (Wildman–Crippen LogP) is 2.21. The van der Waals surface area contributed by atoms with E-state index in [2.05, 4.69) is 28.8 Å². The van der Waals surface area contributed by atoms with Gasteiger partial charge in [0.2, 0.25) is 5.91 Å². The summed E-state index contributed by atoms with van der Waals surface area (Å²) in [6, 6.07) is 16.9. The maximum Gasteiger partial charge on any atom is 0.241 e. The summed E-state index contributed by atoms with van der Waals surface area (Å²) in [4.78, 5) is 12.3. The standard InChI is InChI=1S/C17H15N3O/c18-10-12-5-7-15(8-6-12)20-17(21)16-9-13-3-1-2-4-14(13)11-19-16/h1-8,16,19H,9,11H2,(H,20,21). The Balaban J connectivity index is 1.68. The number of nitriles is 1. The first-order valence-corrected chi connectivity index (χ1v) is 6.87. The van der Waals surface area contributed by atoms with Crippen LogP contribution in [0.3, 0.4) is 0 Å². The number of carbonyl (C=O) groups is 1. The van der Waals surface area contributed by atoms with E-state index in [1.807, 2.05) is 12.1 Å². The fourth-order valence-electron chi connectivity index (χ4n) is 2.50. The zero-order chi connectivity index (χ0) is 14.7. The second-order valence-electron chi connectivity index (χ2n) is 5.08. The summed E-state index contributed by atoms with van der Waals surface area (Å²) in [5.74, 6) is -0.0470. The van der Waals surface area contributed by atoms with Gasteiger partial charge in [-0.25, -0.2) is 0 Å². The Hall–Kier alpha value is -2.64. The van der Waals surface area contributed by atoms with Crippen molar-refractivity contribution in [2.45, 2.75) is 19.0 Å².